The molecule has 1 N–H and O–H groups in total. The largest absolute Gasteiger partial charge is 0.334 e. The number of likely N-dealkylation sites (N-methyl/N-ethyl adjacent to an activating group) is 1. The number of carbonyl (C=O) groups excluding carboxylic acids is 1. The molecular formula is C15H20F2N2O. The summed E-state index contributed by atoms with van der Waals surface area (Å²) < 4.78 is 27.1. The maximum Gasteiger partial charge on any atom is 0.257 e. The highest BCUT2D eigenvalue weighted by molar-refractivity contribution is 5.95. The predicted octanol–water partition coefficient (Wildman–Crippen LogP) is 2.49. The van der Waals surface area contributed by atoms with Crippen LogP contribution < -0.4 is 5.32 Å². The van der Waals surface area contributed by atoms with Crippen LogP contribution in [0.5, 0.6) is 0 Å². The number of likely N-dealkylation sites (tertiary alicyclic amines) is 1. The number of rotatable bonds is 3. The Bertz CT molecular complexity index is 503. The lowest BCUT2D eigenvalue weighted by Gasteiger charge is -2.36. The molecule has 3 nitrogen and oxygen atoms in total. The minimum absolute atomic E-state index is 0.0353. The zero-order valence-corrected chi connectivity index (χ0v) is 11.9. The van der Waals surface area contributed by atoms with Gasteiger partial charge in [0.05, 0.1) is 5.56 Å². The van der Waals surface area contributed by atoms with Crippen LogP contribution in [0.2, 0.25) is 0 Å². The smallest absolute Gasteiger partial charge is 0.257 e. The average molecular weight is 282 g/mol. The van der Waals surface area contributed by atoms with Gasteiger partial charge < -0.3 is 10.2 Å². The van der Waals surface area contributed by atoms with E-state index < -0.39 is 11.6 Å². The van der Waals surface area contributed by atoms with Crippen molar-refractivity contribution in [2.45, 2.75) is 32.2 Å². The first-order chi connectivity index (χ1) is 9.54. The fourth-order valence-corrected chi connectivity index (χ4v) is 2.69. The van der Waals surface area contributed by atoms with E-state index >= 15 is 0 Å². The molecule has 20 heavy (non-hydrogen) atoms. The summed E-state index contributed by atoms with van der Waals surface area (Å²) in [5.41, 5.74) is 0.254. The normalized spacial score (nSPS) is 19.2. The first-order valence-corrected chi connectivity index (χ1v) is 6.95. The van der Waals surface area contributed by atoms with Gasteiger partial charge in [0.1, 0.15) is 11.6 Å². The number of halogens is 2. The van der Waals surface area contributed by atoms with Crippen LogP contribution >= 0.6 is 0 Å². The Labute approximate surface area is 118 Å². The van der Waals surface area contributed by atoms with Gasteiger partial charge in [-0.25, -0.2) is 8.78 Å². The molecule has 1 aromatic carbocycles. The van der Waals surface area contributed by atoms with Crippen LogP contribution in [0.4, 0.5) is 8.78 Å². The SMILES string of the molecule is CNCC1CCCCN1C(=O)c1cc(C)c(F)cc1F. The second-order valence-electron chi connectivity index (χ2n) is 5.29. The lowest BCUT2D eigenvalue weighted by Crippen LogP contribution is -2.48. The second-order valence-corrected chi connectivity index (χ2v) is 5.29. The molecule has 1 aliphatic rings. The number of carbonyl (C=O) groups is 1. The number of hydrogen-bond acceptors (Lipinski definition) is 2. The number of nitrogens with one attached hydrogen (secondary N) is 1. The van der Waals surface area contributed by atoms with Crippen LogP contribution in [0.25, 0.3) is 0 Å². The molecule has 1 unspecified atom stereocenters. The number of amides is 1. The molecule has 0 radical (unpaired) electrons. The van der Waals surface area contributed by atoms with Crippen molar-refractivity contribution in [1.82, 2.24) is 10.2 Å². The Morgan fingerprint density at radius 2 is 2.10 bits per heavy atom. The molecular weight excluding hydrogens is 262 g/mol. The van der Waals surface area contributed by atoms with Gasteiger partial charge in [0, 0.05) is 25.2 Å². The number of hydrogen-bond donors (Lipinski definition) is 1. The topological polar surface area (TPSA) is 32.3 Å². The number of piperidine rings is 1. The van der Waals surface area contributed by atoms with Gasteiger partial charge in [0.15, 0.2) is 0 Å². The Balaban J connectivity index is 2.27. The van der Waals surface area contributed by atoms with E-state index in [0.29, 0.717) is 13.1 Å². The van der Waals surface area contributed by atoms with Crippen molar-refractivity contribution < 1.29 is 13.6 Å². The van der Waals surface area contributed by atoms with E-state index in [0.717, 1.165) is 25.3 Å². The Kier molecular flexibility index (Phi) is 4.70. The van der Waals surface area contributed by atoms with Crippen LogP contribution in [0.3, 0.4) is 0 Å². The summed E-state index contributed by atoms with van der Waals surface area (Å²) in [5.74, 6) is -1.75. The second kappa shape index (κ2) is 6.31. The predicted molar refractivity (Wildman–Crippen MR) is 73.7 cm³/mol. The van der Waals surface area contributed by atoms with Crippen molar-refractivity contribution in [3.63, 3.8) is 0 Å². The molecule has 1 saturated heterocycles. The third-order valence-electron chi connectivity index (χ3n) is 3.81. The molecule has 1 atom stereocenters. The van der Waals surface area contributed by atoms with Crippen LogP contribution in [0, 0.1) is 18.6 Å². The number of nitrogens with zero attached hydrogens (tertiary/aromatic N) is 1. The molecule has 0 bridgehead atoms. The van der Waals surface area contributed by atoms with Gasteiger partial charge in [0.2, 0.25) is 0 Å². The summed E-state index contributed by atoms with van der Waals surface area (Å²) in [6.45, 7) is 2.85. The van der Waals surface area contributed by atoms with Crippen molar-refractivity contribution in [3.05, 3.63) is 34.9 Å². The summed E-state index contributed by atoms with van der Waals surface area (Å²) in [5, 5.41) is 3.06. The van der Waals surface area contributed by atoms with Crippen LogP contribution in [0.15, 0.2) is 12.1 Å². The molecule has 110 valence electrons. The molecule has 1 heterocycles. The molecule has 1 amide bonds. The van der Waals surface area contributed by atoms with Gasteiger partial charge in [-0.05, 0) is 44.9 Å². The zero-order valence-electron chi connectivity index (χ0n) is 11.9. The summed E-state index contributed by atoms with van der Waals surface area (Å²) in [6.07, 6.45) is 2.91. The Hall–Kier alpha value is -1.49. The molecule has 1 aromatic rings. The molecule has 0 aliphatic carbocycles. The van der Waals surface area contributed by atoms with E-state index in [9.17, 15) is 13.6 Å². The summed E-state index contributed by atoms with van der Waals surface area (Å²) in [7, 11) is 1.83. The molecule has 0 spiro atoms. The molecule has 1 fully saturated rings. The average Bonchev–Trinajstić information content (AvgIpc) is 2.43. The molecule has 0 saturated carbocycles. The third kappa shape index (κ3) is 2.98. The van der Waals surface area contributed by atoms with Crippen LogP contribution in [-0.4, -0.2) is 37.0 Å². The minimum Gasteiger partial charge on any atom is -0.334 e. The monoisotopic (exact) mass is 282 g/mol. The van der Waals surface area contributed by atoms with Gasteiger partial charge in [-0.15, -0.1) is 0 Å². The third-order valence-corrected chi connectivity index (χ3v) is 3.81. The number of aryl methyl sites for hydroxylation is 1. The van der Waals surface area contributed by atoms with Gasteiger partial charge in [0.25, 0.3) is 5.91 Å². The highest BCUT2D eigenvalue weighted by Gasteiger charge is 2.28. The van der Waals surface area contributed by atoms with E-state index in [1.807, 2.05) is 7.05 Å². The van der Waals surface area contributed by atoms with Crippen molar-refractivity contribution >= 4 is 5.91 Å². The number of benzene rings is 1. The quantitative estimate of drug-likeness (QED) is 0.924. The van der Waals surface area contributed by atoms with E-state index in [-0.39, 0.29) is 23.1 Å². The van der Waals surface area contributed by atoms with Crippen LogP contribution in [-0.2, 0) is 0 Å². The zero-order chi connectivity index (χ0) is 14.7. The van der Waals surface area contributed by atoms with E-state index in [4.69, 9.17) is 0 Å². The van der Waals surface area contributed by atoms with Gasteiger partial charge in [-0.2, -0.15) is 0 Å². The fraction of sp³-hybridized carbons (Fsp3) is 0.533. The van der Waals surface area contributed by atoms with E-state index in [2.05, 4.69) is 5.32 Å². The van der Waals surface area contributed by atoms with Gasteiger partial charge in [-0.3, -0.25) is 4.79 Å². The molecule has 0 aromatic heterocycles. The molecule has 1 aliphatic heterocycles. The highest BCUT2D eigenvalue weighted by Crippen LogP contribution is 2.22. The van der Waals surface area contributed by atoms with Crippen LogP contribution in [0.1, 0.15) is 35.2 Å². The van der Waals surface area contributed by atoms with Gasteiger partial charge in [-0.1, -0.05) is 0 Å². The Morgan fingerprint density at radius 3 is 2.80 bits per heavy atom. The van der Waals surface area contributed by atoms with Crippen molar-refractivity contribution in [1.29, 1.82) is 0 Å². The fourth-order valence-electron chi connectivity index (χ4n) is 2.69. The van der Waals surface area contributed by atoms with E-state index in [1.165, 1.54) is 13.0 Å². The summed E-state index contributed by atoms with van der Waals surface area (Å²) >= 11 is 0. The maximum absolute atomic E-state index is 13.8. The van der Waals surface area contributed by atoms with E-state index in [1.54, 1.807) is 4.90 Å². The highest BCUT2D eigenvalue weighted by atomic mass is 19.1. The summed E-state index contributed by atoms with van der Waals surface area (Å²) in [6, 6.07) is 2.17. The molecule has 2 rings (SSSR count). The lowest BCUT2D eigenvalue weighted by atomic mass is 10.00. The first kappa shape index (κ1) is 14.9. The Morgan fingerprint density at radius 1 is 1.35 bits per heavy atom. The standard InChI is InChI=1S/C15H20F2N2O/c1-10-7-12(14(17)8-13(10)16)15(20)19-6-4-3-5-11(19)9-18-2/h7-8,11,18H,3-6,9H2,1-2H3. The van der Waals surface area contributed by atoms with Crippen molar-refractivity contribution in [2.24, 2.45) is 0 Å². The lowest BCUT2D eigenvalue weighted by molar-refractivity contribution is 0.0610. The minimum atomic E-state index is -0.785. The van der Waals surface area contributed by atoms with Crippen molar-refractivity contribution in [2.75, 3.05) is 20.1 Å². The van der Waals surface area contributed by atoms with Gasteiger partial charge >= 0.3 is 0 Å². The van der Waals surface area contributed by atoms with Crippen molar-refractivity contribution in [3.8, 4) is 0 Å². The molecule has 5 heteroatoms. The maximum atomic E-state index is 13.8. The summed E-state index contributed by atoms with van der Waals surface area (Å²) in [4.78, 5) is 14.2. The first-order valence-electron chi connectivity index (χ1n) is 6.95.